The Kier molecular flexibility index (Phi) is 8.65. The fourth-order valence-electron chi connectivity index (χ4n) is 2.45. The first-order valence-corrected chi connectivity index (χ1v) is 8.15. The topological polar surface area (TPSA) is 39.7 Å². The van der Waals surface area contributed by atoms with E-state index in [9.17, 15) is 4.39 Å². The largest absolute Gasteiger partial charge is 0.370 e. The highest BCUT2D eigenvalue weighted by atomic mass is 127. The van der Waals surface area contributed by atoms with Crippen molar-refractivity contribution in [3.8, 4) is 0 Å². The van der Waals surface area contributed by atoms with Crippen LogP contribution in [0.2, 0.25) is 0 Å². The molecule has 0 saturated heterocycles. The number of rotatable bonds is 7. The van der Waals surface area contributed by atoms with Gasteiger partial charge in [0.05, 0.1) is 5.69 Å². The Hall–Kier alpha value is -1.05. The van der Waals surface area contributed by atoms with Crippen molar-refractivity contribution < 1.29 is 4.39 Å². The van der Waals surface area contributed by atoms with Crippen molar-refractivity contribution in [1.82, 2.24) is 10.6 Å². The second-order valence-corrected chi connectivity index (χ2v) is 5.71. The van der Waals surface area contributed by atoms with Gasteiger partial charge in [0.15, 0.2) is 5.96 Å². The van der Waals surface area contributed by atoms with Crippen molar-refractivity contribution in [2.45, 2.75) is 33.2 Å². The lowest BCUT2D eigenvalue weighted by molar-refractivity contribution is 0.616. The Morgan fingerprint density at radius 2 is 1.96 bits per heavy atom. The lowest BCUT2D eigenvalue weighted by atomic mass is 10.2. The van der Waals surface area contributed by atoms with Crippen LogP contribution in [0.25, 0.3) is 0 Å². The first kappa shape index (κ1) is 20.0. The van der Waals surface area contributed by atoms with Crippen LogP contribution in [0, 0.1) is 11.7 Å². The highest BCUT2D eigenvalue weighted by Crippen LogP contribution is 2.27. The molecular formula is C17H28FIN4. The first-order valence-electron chi connectivity index (χ1n) is 8.15. The van der Waals surface area contributed by atoms with Crippen LogP contribution in [0.15, 0.2) is 23.2 Å². The molecule has 4 nitrogen and oxygen atoms in total. The highest BCUT2D eigenvalue weighted by Gasteiger charge is 2.21. The zero-order chi connectivity index (χ0) is 15.9. The summed E-state index contributed by atoms with van der Waals surface area (Å²) < 4.78 is 14.2. The van der Waals surface area contributed by atoms with Crippen LogP contribution in [-0.2, 0) is 6.54 Å². The summed E-state index contributed by atoms with van der Waals surface area (Å²) in [5, 5.41) is 6.53. The third kappa shape index (κ3) is 6.16. The van der Waals surface area contributed by atoms with Crippen LogP contribution in [0.4, 0.5) is 10.1 Å². The number of hydrogen-bond donors (Lipinski definition) is 2. The molecule has 1 aliphatic rings. The van der Waals surface area contributed by atoms with Gasteiger partial charge in [0.25, 0.3) is 0 Å². The Labute approximate surface area is 156 Å². The van der Waals surface area contributed by atoms with Crippen LogP contribution in [0.1, 0.15) is 32.3 Å². The number of halogens is 2. The van der Waals surface area contributed by atoms with Gasteiger partial charge in [-0.3, -0.25) is 4.99 Å². The summed E-state index contributed by atoms with van der Waals surface area (Å²) in [5.41, 5.74) is 1.59. The predicted octanol–water partition coefficient (Wildman–Crippen LogP) is 3.36. The minimum atomic E-state index is -0.163. The number of guanidine groups is 1. The average Bonchev–Trinajstić information content (AvgIpc) is 3.34. The summed E-state index contributed by atoms with van der Waals surface area (Å²) in [7, 11) is 1.76. The van der Waals surface area contributed by atoms with Gasteiger partial charge in [-0.1, -0.05) is 6.07 Å². The van der Waals surface area contributed by atoms with E-state index in [0.717, 1.165) is 37.1 Å². The van der Waals surface area contributed by atoms with Crippen molar-refractivity contribution in [2.75, 3.05) is 31.6 Å². The maximum atomic E-state index is 14.2. The molecule has 23 heavy (non-hydrogen) atoms. The van der Waals surface area contributed by atoms with Gasteiger partial charge in [-0.25, -0.2) is 4.39 Å². The molecular weight excluding hydrogens is 406 g/mol. The molecule has 1 aromatic carbocycles. The Balaban J connectivity index is 0.00000264. The van der Waals surface area contributed by atoms with Gasteiger partial charge in [0.2, 0.25) is 0 Å². The van der Waals surface area contributed by atoms with Gasteiger partial charge in [-0.2, -0.15) is 0 Å². The van der Waals surface area contributed by atoms with Crippen molar-refractivity contribution in [2.24, 2.45) is 10.9 Å². The zero-order valence-corrected chi connectivity index (χ0v) is 16.6. The minimum absolute atomic E-state index is 0. The van der Waals surface area contributed by atoms with Crippen molar-refractivity contribution >= 4 is 35.6 Å². The molecule has 2 N–H and O–H groups in total. The fourth-order valence-corrected chi connectivity index (χ4v) is 2.45. The van der Waals surface area contributed by atoms with Crippen molar-refractivity contribution in [3.05, 3.63) is 29.6 Å². The van der Waals surface area contributed by atoms with E-state index in [4.69, 9.17) is 0 Å². The molecule has 0 aromatic heterocycles. The first-order chi connectivity index (χ1) is 10.7. The van der Waals surface area contributed by atoms with Crippen LogP contribution in [0.3, 0.4) is 0 Å². The molecule has 0 atom stereocenters. The standard InChI is InChI=1S/C17H27FN4.HI/c1-4-22(5-2)16-9-8-14(10-15(16)18)12-21-17(19-3)20-11-13-6-7-13;/h8-10,13H,4-7,11-12H2,1-3H3,(H2,19,20,21);1H. The molecule has 1 aromatic rings. The molecule has 1 fully saturated rings. The predicted molar refractivity (Wildman–Crippen MR) is 106 cm³/mol. The fraction of sp³-hybridized carbons (Fsp3) is 0.588. The summed E-state index contributed by atoms with van der Waals surface area (Å²) in [4.78, 5) is 6.21. The van der Waals surface area contributed by atoms with Crippen LogP contribution >= 0.6 is 24.0 Å². The molecule has 0 radical (unpaired) electrons. The minimum Gasteiger partial charge on any atom is -0.370 e. The summed E-state index contributed by atoms with van der Waals surface area (Å²) in [6.45, 7) is 7.22. The third-order valence-corrected chi connectivity index (χ3v) is 4.05. The van der Waals surface area contributed by atoms with Gasteiger partial charge in [0, 0.05) is 33.2 Å². The number of nitrogens with one attached hydrogen (secondary N) is 2. The van der Waals surface area contributed by atoms with Crippen LogP contribution < -0.4 is 15.5 Å². The van der Waals surface area contributed by atoms with E-state index >= 15 is 0 Å². The Morgan fingerprint density at radius 3 is 2.48 bits per heavy atom. The average molecular weight is 434 g/mol. The van der Waals surface area contributed by atoms with Gasteiger partial charge in [-0.15, -0.1) is 24.0 Å². The van der Waals surface area contributed by atoms with Crippen LogP contribution in [-0.4, -0.2) is 32.6 Å². The zero-order valence-electron chi connectivity index (χ0n) is 14.2. The monoisotopic (exact) mass is 434 g/mol. The molecule has 6 heteroatoms. The lowest BCUT2D eigenvalue weighted by Gasteiger charge is -2.22. The van der Waals surface area contributed by atoms with Gasteiger partial charge in [0.1, 0.15) is 5.82 Å². The summed E-state index contributed by atoms with van der Waals surface area (Å²) in [5.74, 6) is 1.41. The van der Waals surface area contributed by atoms with E-state index < -0.39 is 0 Å². The number of anilines is 1. The van der Waals surface area contributed by atoms with E-state index in [1.165, 1.54) is 12.8 Å². The SMILES string of the molecule is CCN(CC)c1ccc(CNC(=NC)NCC2CC2)cc1F.I. The number of hydrogen-bond acceptors (Lipinski definition) is 2. The third-order valence-electron chi connectivity index (χ3n) is 4.05. The summed E-state index contributed by atoms with van der Waals surface area (Å²) in [6, 6.07) is 5.44. The van der Waals surface area contributed by atoms with E-state index in [1.54, 1.807) is 13.1 Å². The van der Waals surface area contributed by atoms with Gasteiger partial charge in [-0.05, 0) is 50.3 Å². The lowest BCUT2D eigenvalue weighted by Crippen LogP contribution is -2.37. The van der Waals surface area contributed by atoms with E-state index in [-0.39, 0.29) is 29.8 Å². The Morgan fingerprint density at radius 1 is 1.26 bits per heavy atom. The quantitative estimate of drug-likeness (QED) is 0.393. The second-order valence-electron chi connectivity index (χ2n) is 5.71. The van der Waals surface area contributed by atoms with Gasteiger partial charge < -0.3 is 15.5 Å². The number of nitrogens with zero attached hydrogens (tertiary/aromatic N) is 2. The van der Waals surface area contributed by atoms with Crippen molar-refractivity contribution in [3.63, 3.8) is 0 Å². The Bertz CT molecular complexity index is 513. The van der Waals surface area contributed by atoms with Gasteiger partial charge >= 0.3 is 0 Å². The molecule has 0 spiro atoms. The maximum Gasteiger partial charge on any atom is 0.191 e. The number of benzene rings is 1. The molecule has 0 amide bonds. The van der Waals surface area contributed by atoms with E-state index in [1.807, 2.05) is 30.9 Å². The second kappa shape index (κ2) is 9.95. The molecule has 0 bridgehead atoms. The molecule has 0 aliphatic heterocycles. The van der Waals surface area contributed by atoms with E-state index in [2.05, 4.69) is 15.6 Å². The molecule has 1 aliphatic carbocycles. The smallest absolute Gasteiger partial charge is 0.191 e. The molecule has 130 valence electrons. The maximum absolute atomic E-state index is 14.2. The van der Waals surface area contributed by atoms with Crippen LogP contribution in [0.5, 0.6) is 0 Å². The summed E-state index contributed by atoms with van der Waals surface area (Å²) >= 11 is 0. The molecule has 0 heterocycles. The number of aliphatic imine (C=N–C) groups is 1. The molecule has 0 unspecified atom stereocenters. The normalized spacial score (nSPS) is 14.2. The molecule has 2 rings (SSSR count). The molecule has 1 saturated carbocycles. The summed E-state index contributed by atoms with van der Waals surface area (Å²) in [6.07, 6.45) is 2.62. The van der Waals surface area contributed by atoms with Crippen molar-refractivity contribution in [1.29, 1.82) is 0 Å². The van der Waals surface area contributed by atoms with E-state index in [0.29, 0.717) is 12.2 Å². The highest BCUT2D eigenvalue weighted by molar-refractivity contribution is 14.0.